The zero-order valence-electron chi connectivity index (χ0n) is 23.6. The molecule has 9 nitrogen and oxygen atoms in total. The summed E-state index contributed by atoms with van der Waals surface area (Å²) in [6.07, 6.45) is -0.0712. The minimum atomic E-state index is -0.963. The maximum Gasteiger partial charge on any atom is 0.335 e. The molecule has 0 bridgehead atoms. The van der Waals surface area contributed by atoms with Crippen molar-refractivity contribution in [2.45, 2.75) is 39.0 Å². The van der Waals surface area contributed by atoms with Gasteiger partial charge in [-0.1, -0.05) is 49.4 Å². The van der Waals surface area contributed by atoms with E-state index in [1.54, 1.807) is 54.3 Å². The Morgan fingerprint density at radius 2 is 1.78 bits per heavy atom. The summed E-state index contributed by atoms with van der Waals surface area (Å²) >= 11 is 0. The van der Waals surface area contributed by atoms with Crippen molar-refractivity contribution in [1.29, 1.82) is 0 Å². The number of anilines is 1. The second-order valence-corrected chi connectivity index (χ2v) is 10.7. The second kappa shape index (κ2) is 13.4. The molecule has 0 aliphatic carbocycles. The van der Waals surface area contributed by atoms with E-state index in [-0.39, 0.29) is 42.4 Å². The van der Waals surface area contributed by atoms with E-state index in [2.05, 4.69) is 10.2 Å². The number of likely N-dealkylation sites (N-methyl/N-ethyl adjacent to an activating group) is 1. The first-order chi connectivity index (χ1) is 19.6. The fourth-order valence-electron chi connectivity index (χ4n) is 4.94. The Morgan fingerprint density at radius 3 is 2.44 bits per heavy atom. The number of carboxylic acid groups (broad SMARTS) is 1. The zero-order chi connectivity index (χ0) is 29.5. The number of aliphatic hydroxyl groups excluding tert-OH is 1. The molecule has 216 valence electrons. The molecular weight excluding hydrogens is 522 g/mol. The minimum absolute atomic E-state index is 0.0526. The number of carbonyl (C=O) groups is 3. The standard InChI is InChI=1S/C32H37N3O6/c1-21-17-35(22(2)20-36)31(38)27-16-26(33-30(37)15-23-7-5-4-6-8-23)13-14-28(27)41-29(21)19-34(3)18-24-9-11-25(12-10-24)32(39)40/h4-14,16,21-22,29,36H,15,17-20H2,1-3H3,(H,33,37)(H,39,40)/t21-,22+,29+/m1/s1. The first-order valence-corrected chi connectivity index (χ1v) is 13.7. The van der Waals surface area contributed by atoms with Gasteiger partial charge in [0.2, 0.25) is 5.91 Å². The minimum Gasteiger partial charge on any atom is -0.488 e. The molecule has 0 fully saturated rings. The molecule has 0 saturated heterocycles. The first-order valence-electron chi connectivity index (χ1n) is 13.7. The average Bonchev–Trinajstić information content (AvgIpc) is 2.95. The number of amides is 2. The molecule has 3 aromatic carbocycles. The van der Waals surface area contributed by atoms with Crippen LogP contribution in [0.3, 0.4) is 0 Å². The van der Waals surface area contributed by atoms with Crippen molar-refractivity contribution in [3.63, 3.8) is 0 Å². The molecule has 1 aliphatic rings. The fourth-order valence-corrected chi connectivity index (χ4v) is 4.94. The molecule has 0 saturated carbocycles. The summed E-state index contributed by atoms with van der Waals surface area (Å²) in [5, 5.41) is 22.0. The van der Waals surface area contributed by atoms with Gasteiger partial charge in [-0.15, -0.1) is 0 Å². The van der Waals surface area contributed by atoms with Crippen LogP contribution in [-0.4, -0.2) is 76.7 Å². The zero-order valence-corrected chi connectivity index (χ0v) is 23.6. The SMILES string of the molecule is C[C@@H]1CN([C@@H](C)CO)C(=O)c2cc(NC(=O)Cc3ccccc3)ccc2O[C@H]1CN(C)Cc1ccc(C(=O)O)cc1. The topological polar surface area (TPSA) is 119 Å². The number of ether oxygens (including phenoxy) is 1. The lowest BCUT2D eigenvalue weighted by Gasteiger charge is -2.38. The molecule has 0 unspecified atom stereocenters. The molecule has 0 radical (unpaired) electrons. The highest BCUT2D eigenvalue weighted by Crippen LogP contribution is 2.31. The molecule has 1 aliphatic heterocycles. The summed E-state index contributed by atoms with van der Waals surface area (Å²) < 4.78 is 6.45. The second-order valence-electron chi connectivity index (χ2n) is 10.7. The van der Waals surface area contributed by atoms with Crippen LogP contribution < -0.4 is 10.1 Å². The third-order valence-electron chi connectivity index (χ3n) is 7.30. The van der Waals surface area contributed by atoms with Gasteiger partial charge in [-0.05, 0) is 55.4 Å². The van der Waals surface area contributed by atoms with Crippen molar-refractivity contribution in [3.05, 3.63) is 95.1 Å². The quantitative estimate of drug-likeness (QED) is 0.345. The Balaban J connectivity index is 1.54. The number of aromatic carboxylic acids is 1. The van der Waals surface area contributed by atoms with Gasteiger partial charge >= 0.3 is 5.97 Å². The molecule has 1 heterocycles. The molecule has 0 aromatic heterocycles. The Kier molecular flexibility index (Phi) is 9.75. The molecule has 3 N–H and O–H groups in total. The Labute approximate surface area is 240 Å². The summed E-state index contributed by atoms with van der Waals surface area (Å²) in [7, 11) is 1.96. The Hall–Kier alpha value is -4.21. The van der Waals surface area contributed by atoms with Crippen LogP contribution in [0.2, 0.25) is 0 Å². The van der Waals surface area contributed by atoms with Gasteiger partial charge in [-0.2, -0.15) is 0 Å². The number of hydrogen-bond acceptors (Lipinski definition) is 6. The third kappa shape index (κ3) is 7.71. The van der Waals surface area contributed by atoms with Gasteiger partial charge in [0.05, 0.1) is 30.2 Å². The van der Waals surface area contributed by atoms with Gasteiger partial charge in [0.25, 0.3) is 5.91 Å². The number of fused-ring (bicyclic) bond motifs is 1. The van der Waals surface area contributed by atoms with Crippen LogP contribution in [0.25, 0.3) is 0 Å². The number of hydrogen-bond donors (Lipinski definition) is 3. The van der Waals surface area contributed by atoms with Gasteiger partial charge in [0, 0.05) is 31.2 Å². The smallest absolute Gasteiger partial charge is 0.335 e. The summed E-state index contributed by atoms with van der Waals surface area (Å²) in [6, 6.07) is 20.9. The maximum absolute atomic E-state index is 13.7. The van der Waals surface area contributed by atoms with Crippen LogP contribution in [0.15, 0.2) is 72.8 Å². The third-order valence-corrected chi connectivity index (χ3v) is 7.30. The van der Waals surface area contributed by atoms with Crippen molar-refractivity contribution in [3.8, 4) is 5.75 Å². The van der Waals surface area contributed by atoms with E-state index in [4.69, 9.17) is 9.84 Å². The predicted molar refractivity (Wildman–Crippen MR) is 156 cm³/mol. The van der Waals surface area contributed by atoms with E-state index in [1.807, 2.05) is 44.3 Å². The van der Waals surface area contributed by atoms with E-state index in [1.165, 1.54) is 0 Å². The highest BCUT2D eigenvalue weighted by atomic mass is 16.5. The lowest BCUT2D eigenvalue weighted by Crippen LogP contribution is -2.49. The van der Waals surface area contributed by atoms with Crippen molar-refractivity contribution in [2.24, 2.45) is 5.92 Å². The number of benzene rings is 3. The van der Waals surface area contributed by atoms with Crippen molar-refractivity contribution in [2.75, 3.05) is 32.1 Å². The normalized spacial score (nSPS) is 17.7. The number of rotatable bonds is 10. The largest absolute Gasteiger partial charge is 0.488 e. The van der Waals surface area contributed by atoms with Crippen LogP contribution in [0.5, 0.6) is 5.75 Å². The van der Waals surface area contributed by atoms with Crippen LogP contribution in [0.1, 0.15) is 45.7 Å². The summed E-state index contributed by atoms with van der Waals surface area (Å²) in [4.78, 5) is 41.3. The van der Waals surface area contributed by atoms with Gasteiger partial charge in [0.15, 0.2) is 0 Å². The highest BCUT2D eigenvalue weighted by Gasteiger charge is 2.33. The van der Waals surface area contributed by atoms with Gasteiger partial charge < -0.3 is 25.2 Å². The average molecular weight is 560 g/mol. The summed E-state index contributed by atoms with van der Waals surface area (Å²) in [5.74, 6) is -1.06. The van der Waals surface area contributed by atoms with Crippen molar-refractivity contribution < 1.29 is 29.3 Å². The van der Waals surface area contributed by atoms with Crippen molar-refractivity contribution in [1.82, 2.24) is 9.80 Å². The lowest BCUT2D eigenvalue weighted by atomic mass is 9.99. The number of aliphatic hydroxyl groups is 1. The number of carbonyl (C=O) groups excluding carboxylic acids is 2. The van der Waals surface area contributed by atoms with E-state index in [0.717, 1.165) is 11.1 Å². The lowest BCUT2D eigenvalue weighted by molar-refractivity contribution is -0.115. The van der Waals surface area contributed by atoms with Gasteiger partial charge in [0.1, 0.15) is 11.9 Å². The van der Waals surface area contributed by atoms with Crippen molar-refractivity contribution >= 4 is 23.5 Å². The molecule has 3 atom stereocenters. The van der Waals surface area contributed by atoms with Crippen LogP contribution in [0.4, 0.5) is 5.69 Å². The summed E-state index contributed by atoms with van der Waals surface area (Å²) in [6.45, 7) is 5.16. The van der Waals surface area contributed by atoms with E-state index < -0.39 is 12.0 Å². The van der Waals surface area contributed by atoms with E-state index in [0.29, 0.717) is 36.6 Å². The molecule has 41 heavy (non-hydrogen) atoms. The highest BCUT2D eigenvalue weighted by molar-refractivity contribution is 6.00. The molecule has 0 spiro atoms. The molecular formula is C32H37N3O6. The Bertz CT molecular complexity index is 1360. The van der Waals surface area contributed by atoms with Crippen LogP contribution >= 0.6 is 0 Å². The van der Waals surface area contributed by atoms with E-state index in [9.17, 15) is 19.5 Å². The number of carboxylic acids is 1. The van der Waals surface area contributed by atoms with E-state index >= 15 is 0 Å². The number of nitrogens with one attached hydrogen (secondary N) is 1. The monoisotopic (exact) mass is 559 g/mol. The van der Waals surface area contributed by atoms with Crippen LogP contribution in [-0.2, 0) is 17.8 Å². The molecule has 3 aromatic rings. The fraction of sp³-hybridized carbons (Fsp3) is 0.344. The van der Waals surface area contributed by atoms with Gasteiger partial charge in [-0.25, -0.2) is 4.79 Å². The Morgan fingerprint density at radius 1 is 1.07 bits per heavy atom. The number of nitrogens with zero attached hydrogens (tertiary/aromatic N) is 2. The predicted octanol–water partition coefficient (Wildman–Crippen LogP) is 3.92. The molecule has 4 rings (SSSR count). The summed E-state index contributed by atoms with van der Waals surface area (Å²) in [5.41, 5.74) is 2.91. The van der Waals surface area contributed by atoms with Gasteiger partial charge in [-0.3, -0.25) is 14.5 Å². The molecule has 2 amide bonds. The molecule has 9 heteroatoms. The van der Waals surface area contributed by atoms with Crippen LogP contribution in [0, 0.1) is 5.92 Å². The first kappa shape index (κ1) is 29.8. The maximum atomic E-state index is 13.7.